The average molecular weight is 435 g/mol. The lowest BCUT2D eigenvalue weighted by atomic mass is 10.2. The van der Waals surface area contributed by atoms with E-state index in [4.69, 9.17) is 16.6 Å². The molecular weight excluding hydrogens is 416 g/mol. The molecule has 4 rings (SSSR count). The van der Waals surface area contributed by atoms with Gasteiger partial charge in [0, 0.05) is 5.02 Å². The van der Waals surface area contributed by atoms with Crippen LogP contribution in [0.1, 0.15) is 11.1 Å². The number of aromatic nitrogens is 2. The highest BCUT2D eigenvalue weighted by Crippen LogP contribution is 2.25. The molecule has 4 aromatic rings. The molecule has 5 nitrogen and oxygen atoms in total. The molecule has 0 saturated carbocycles. The Morgan fingerprint density at radius 2 is 1.87 bits per heavy atom. The van der Waals surface area contributed by atoms with Crippen LogP contribution in [0.15, 0.2) is 89.1 Å². The molecule has 1 N–H and O–H groups in total. The monoisotopic (exact) mass is 434 g/mol. The van der Waals surface area contributed by atoms with E-state index in [0.29, 0.717) is 11.6 Å². The van der Waals surface area contributed by atoms with Gasteiger partial charge in [-0.1, -0.05) is 78.0 Å². The Balaban J connectivity index is 1.44. The number of benzene rings is 3. The Morgan fingerprint density at radius 3 is 2.70 bits per heavy atom. The highest BCUT2D eigenvalue weighted by atomic mass is 35.5. The van der Waals surface area contributed by atoms with Gasteiger partial charge in [0.1, 0.15) is 0 Å². The van der Waals surface area contributed by atoms with Crippen LogP contribution >= 0.6 is 23.4 Å². The molecule has 1 heterocycles. The van der Waals surface area contributed by atoms with Gasteiger partial charge < -0.3 is 4.57 Å². The van der Waals surface area contributed by atoms with Crippen molar-refractivity contribution in [1.82, 2.24) is 15.0 Å². The number of hydrazone groups is 1. The molecule has 0 atom stereocenters. The molecule has 1 amide bonds. The van der Waals surface area contributed by atoms with E-state index in [0.717, 1.165) is 21.8 Å². The molecule has 0 bridgehead atoms. The van der Waals surface area contributed by atoms with Gasteiger partial charge in [0.25, 0.3) is 5.91 Å². The van der Waals surface area contributed by atoms with Gasteiger partial charge in [0.15, 0.2) is 5.16 Å². The molecule has 150 valence electrons. The summed E-state index contributed by atoms with van der Waals surface area (Å²) in [4.78, 5) is 17.0. The molecule has 0 unspecified atom stereocenters. The molecule has 0 fully saturated rings. The molecule has 3 aromatic carbocycles. The van der Waals surface area contributed by atoms with Gasteiger partial charge in [-0.05, 0) is 35.4 Å². The normalized spacial score (nSPS) is 11.2. The first kappa shape index (κ1) is 20.2. The first-order chi connectivity index (χ1) is 14.7. The van der Waals surface area contributed by atoms with Gasteiger partial charge in [-0.15, -0.1) is 0 Å². The molecule has 30 heavy (non-hydrogen) atoms. The van der Waals surface area contributed by atoms with Crippen LogP contribution in [0.2, 0.25) is 5.02 Å². The molecule has 0 radical (unpaired) electrons. The SMILES string of the molecule is O=C(CSc1nc2ccccc2n1Cc1ccccc1)NN=Cc1cccc(Cl)c1. The lowest BCUT2D eigenvalue weighted by Crippen LogP contribution is -2.20. The van der Waals surface area contributed by atoms with Crippen LogP contribution in [0.3, 0.4) is 0 Å². The third-order valence-corrected chi connectivity index (χ3v) is 5.60. The number of imidazole rings is 1. The number of carbonyl (C=O) groups is 1. The number of rotatable bonds is 7. The number of amides is 1. The third-order valence-electron chi connectivity index (χ3n) is 4.39. The van der Waals surface area contributed by atoms with Crippen LogP contribution in [0.25, 0.3) is 11.0 Å². The zero-order valence-electron chi connectivity index (χ0n) is 16.0. The van der Waals surface area contributed by atoms with E-state index in [-0.39, 0.29) is 11.7 Å². The van der Waals surface area contributed by atoms with Gasteiger partial charge >= 0.3 is 0 Å². The van der Waals surface area contributed by atoms with Crippen LogP contribution < -0.4 is 5.43 Å². The number of thioether (sulfide) groups is 1. The Bertz CT molecular complexity index is 1190. The van der Waals surface area contributed by atoms with Gasteiger partial charge in [0.2, 0.25) is 0 Å². The highest BCUT2D eigenvalue weighted by Gasteiger charge is 2.13. The lowest BCUT2D eigenvalue weighted by molar-refractivity contribution is -0.118. The van der Waals surface area contributed by atoms with Gasteiger partial charge in [-0.2, -0.15) is 5.10 Å². The molecule has 1 aromatic heterocycles. The van der Waals surface area contributed by atoms with E-state index in [1.54, 1.807) is 18.3 Å². The van der Waals surface area contributed by atoms with E-state index in [9.17, 15) is 4.79 Å². The second-order valence-corrected chi connectivity index (χ2v) is 7.97. The lowest BCUT2D eigenvalue weighted by Gasteiger charge is -2.09. The fourth-order valence-electron chi connectivity index (χ4n) is 3.01. The summed E-state index contributed by atoms with van der Waals surface area (Å²) in [5.41, 5.74) is 6.51. The molecule has 0 aliphatic heterocycles. The van der Waals surface area contributed by atoms with Crippen molar-refractivity contribution < 1.29 is 4.79 Å². The summed E-state index contributed by atoms with van der Waals surface area (Å²) < 4.78 is 2.14. The van der Waals surface area contributed by atoms with Crippen LogP contribution in [-0.4, -0.2) is 27.4 Å². The summed E-state index contributed by atoms with van der Waals surface area (Å²) >= 11 is 7.34. The predicted molar refractivity (Wildman–Crippen MR) is 123 cm³/mol. The molecule has 0 saturated heterocycles. The minimum atomic E-state index is -0.198. The molecule has 7 heteroatoms. The Hall–Kier alpha value is -3.09. The smallest absolute Gasteiger partial charge is 0.250 e. The number of para-hydroxylation sites is 2. The van der Waals surface area contributed by atoms with Gasteiger partial charge in [-0.3, -0.25) is 4.79 Å². The first-order valence-electron chi connectivity index (χ1n) is 9.38. The number of halogens is 1. The van der Waals surface area contributed by atoms with Crippen molar-refractivity contribution in [1.29, 1.82) is 0 Å². The summed E-state index contributed by atoms with van der Waals surface area (Å²) in [6.07, 6.45) is 1.57. The van der Waals surface area contributed by atoms with E-state index < -0.39 is 0 Å². The summed E-state index contributed by atoms with van der Waals surface area (Å²) in [7, 11) is 0. The van der Waals surface area contributed by atoms with Crippen LogP contribution in [0.4, 0.5) is 0 Å². The largest absolute Gasteiger partial charge is 0.314 e. The topological polar surface area (TPSA) is 59.3 Å². The summed E-state index contributed by atoms with van der Waals surface area (Å²) in [6, 6.07) is 25.5. The Kier molecular flexibility index (Phi) is 6.47. The summed E-state index contributed by atoms with van der Waals surface area (Å²) in [5, 5.41) is 5.43. The predicted octanol–water partition coefficient (Wildman–Crippen LogP) is 4.98. The fraction of sp³-hybridized carbons (Fsp3) is 0.0870. The molecule has 0 spiro atoms. The van der Waals surface area contributed by atoms with Crippen molar-refractivity contribution >= 4 is 46.5 Å². The van der Waals surface area contributed by atoms with Crippen LogP contribution in [-0.2, 0) is 11.3 Å². The maximum Gasteiger partial charge on any atom is 0.250 e. The average Bonchev–Trinajstić information content (AvgIpc) is 3.10. The van der Waals surface area contributed by atoms with Crippen molar-refractivity contribution in [2.24, 2.45) is 5.10 Å². The second-order valence-electron chi connectivity index (χ2n) is 6.59. The molecular formula is C23H19ClN4OS. The van der Waals surface area contributed by atoms with Crippen LogP contribution in [0.5, 0.6) is 0 Å². The van der Waals surface area contributed by atoms with Gasteiger partial charge in [-0.25, -0.2) is 10.4 Å². The summed E-state index contributed by atoms with van der Waals surface area (Å²) in [5.74, 6) is 0.0157. The van der Waals surface area contributed by atoms with Crippen molar-refractivity contribution in [3.8, 4) is 0 Å². The summed E-state index contributed by atoms with van der Waals surface area (Å²) in [6.45, 7) is 0.693. The van der Waals surface area contributed by atoms with Crippen molar-refractivity contribution in [3.05, 3.63) is 95.0 Å². The quantitative estimate of drug-likeness (QED) is 0.253. The standard InChI is InChI=1S/C23H19ClN4OS/c24-19-10-6-9-18(13-19)14-25-27-22(29)16-30-23-26-20-11-4-5-12-21(20)28(23)15-17-7-2-1-3-8-17/h1-14H,15-16H2,(H,27,29). The number of hydrogen-bond acceptors (Lipinski definition) is 4. The van der Waals surface area contributed by atoms with E-state index >= 15 is 0 Å². The maximum absolute atomic E-state index is 12.2. The van der Waals surface area contributed by atoms with E-state index in [1.165, 1.54) is 17.3 Å². The Labute approximate surface area is 183 Å². The Morgan fingerprint density at radius 1 is 1.07 bits per heavy atom. The minimum absolute atomic E-state index is 0.198. The maximum atomic E-state index is 12.2. The number of nitrogens with zero attached hydrogens (tertiary/aromatic N) is 3. The number of hydrogen-bond donors (Lipinski definition) is 1. The number of carbonyl (C=O) groups excluding carboxylic acids is 1. The molecule has 0 aliphatic carbocycles. The van der Waals surface area contributed by atoms with Crippen molar-refractivity contribution in [2.75, 3.05) is 5.75 Å². The van der Waals surface area contributed by atoms with E-state index in [2.05, 4.69) is 27.2 Å². The van der Waals surface area contributed by atoms with Crippen molar-refractivity contribution in [2.45, 2.75) is 11.7 Å². The zero-order valence-corrected chi connectivity index (χ0v) is 17.6. The van der Waals surface area contributed by atoms with Crippen LogP contribution in [0, 0.1) is 0 Å². The van der Waals surface area contributed by atoms with Gasteiger partial charge in [0.05, 0.1) is 29.5 Å². The third kappa shape index (κ3) is 5.09. The number of fused-ring (bicyclic) bond motifs is 1. The van der Waals surface area contributed by atoms with E-state index in [1.807, 2.05) is 54.6 Å². The van der Waals surface area contributed by atoms with Crippen molar-refractivity contribution in [3.63, 3.8) is 0 Å². The second kappa shape index (κ2) is 9.61. The fourth-order valence-corrected chi connectivity index (χ4v) is 4.02. The minimum Gasteiger partial charge on any atom is -0.314 e. The highest BCUT2D eigenvalue weighted by molar-refractivity contribution is 7.99. The zero-order chi connectivity index (χ0) is 20.8. The number of nitrogens with one attached hydrogen (secondary N) is 1. The first-order valence-corrected chi connectivity index (χ1v) is 10.7. The molecule has 0 aliphatic rings.